The van der Waals surface area contributed by atoms with E-state index in [1.165, 1.54) is 29.8 Å². The van der Waals surface area contributed by atoms with E-state index in [0.29, 0.717) is 0 Å². The molecule has 130 valence electrons. The van der Waals surface area contributed by atoms with E-state index in [4.69, 9.17) is 0 Å². The first-order valence-electron chi connectivity index (χ1n) is 9.01. The molecule has 2 heterocycles. The first-order chi connectivity index (χ1) is 12.0. The zero-order chi connectivity index (χ0) is 17.5. The number of hydrogen-bond acceptors (Lipinski definition) is 3. The minimum Gasteiger partial charge on any atom is -0.313 e. The molecule has 1 aromatic carbocycles. The highest BCUT2D eigenvalue weighted by molar-refractivity contribution is 7.08. The predicted octanol–water partition coefficient (Wildman–Crippen LogP) is 4.96. The fourth-order valence-electron chi connectivity index (χ4n) is 3.47. The summed E-state index contributed by atoms with van der Waals surface area (Å²) in [7, 11) is 0. The number of aromatic nitrogens is 3. The molecule has 3 aromatic rings. The molecule has 0 radical (unpaired) electrons. The first kappa shape index (κ1) is 16.5. The molecule has 25 heavy (non-hydrogen) atoms. The van der Waals surface area contributed by atoms with Crippen LogP contribution in [0.25, 0.3) is 0 Å². The molecule has 1 aliphatic carbocycles. The van der Waals surface area contributed by atoms with Crippen LogP contribution >= 0.6 is 11.3 Å². The molecule has 0 unspecified atom stereocenters. The number of hydrogen-bond donors (Lipinski definition) is 0. The molecule has 1 aliphatic rings. The van der Waals surface area contributed by atoms with Gasteiger partial charge < -0.3 is 4.57 Å². The summed E-state index contributed by atoms with van der Waals surface area (Å²) in [5.74, 6) is 2.26. The van der Waals surface area contributed by atoms with Crippen LogP contribution in [0.15, 0.2) is 47.2 Å². The fourth-order valence-corrected chi connectivity index (χ4v) is 4.29. The Balaban J connectivity index is 1.71. The van der Waals surface area contributed by atoms with E-state index in [1.807, 2.05) is 0 Å². The minimum absolute atomic E-state index is 0.132. The Morgan fingerprint density at radius 2 is 1.88 bits per heavy atom. The molecule has 1 fully saturated rings. The summed E-state index contributed by atoms with van der Waals surface area (Å²) in [6.07, 6.45) is 3.44. The van der Waals surface area contributed by atoms with Crippen LogP contribution in [-0.2, 0) is 23.8 Å². The van der Waals surface area contributed by atoms with Crippen molar-refractivity contribution in [2.24, 2.45) is 0 Å². The predicted molar refractivity (Wildman–Crippen MR) is 103 cm³/mol. The summed E-state index contributed by atoms with van der Waals surface area (Å²) in [6, 6.07) is 12.9. The van der Waals surface area contributed by atoms with Crippen LogP contribution < -0.4 is 0 Å². The Hall–Kier alpha value is -1.94. The average Bonchev–Trinajstić information content (AvgIpc) is 3.07. The van der Waals surface area contributed by atoms with Crippen molar-refractivity contribution in [1.29, 1.82) is 0 Å². The molecule has 0 bridgehead atoms. The van der Waals surface area contributed by atoms with Crippen LogP contribution in [0, 0.1) is 0 Å². The standard InChI is InChI=1S/C21H25N3S/c1-20(2,17-10-14-25-15-17)18-22-23-19(21(3)11-12-21)24(18)13-9-16-7-5-4-6-8-16/h4-8,10,14-15H,9,11-13H2,1-3H3. The fraction of sp³-hybridized carbons (Fsp3) is 0.429. The van der Waals surface area contributed by atoms with Crippen molar-refractivity contribution >= 4 is 11.3 Å². The second-order valence-electron chi connectivity index (χ2n) is 7.93. The maximum absolute atomic E-state index is 4.68. The SMILES string of the molecule is CC1(c2nnc(C(C)(C)c3ccsc3)n2CCc2ccccc2)CC1. The lowest BCUT2D eigenvalue weighted by Gasteiger charge is -2.25. The summed E-state index contributed by atoms with van der Waals surface area (Å²) in [5, 5.41) is 13.7. The Morgan fingerprint density at radius 1 is 1.12 bits per heavy atom. The number of nitrogens with zero attached hydrogens (tertiary/aromatic N) is 3. The maximum atomic E-state index is 4.68. The van der Waals surface area contributed by atoms with Crippen molar-refractivity contribution in [1.82, 2.24) is 14.8 Å². The van der Waals surface area contributed by atoms with E-state index in [1.54, 1.807) is 11.3 Å². The van der Waals surface area contributed by atoms with E-state index in [-0.39, 0.29) is 10.8 Å². The van der Waals surface area contributed by atoms with E-state index in [9.17, 15) is 0 Å². The summed E-state index contributed by atoms with van der Waals surface area (Å²) >= 11 is 1.74. The Kier molecular flexibility index (Phi) is 4.03. The Morgan fingerprint density at radius 3 is 2.52 bits per heavy atom. The summed E-state index contributed by atoms with van der Waals surface area (Å²) in [4.78, 5) is 0. The lowest BCUT2D eigenvalue weighted by atomic mass is 9.85. The summed E-state index contributed by atoms with van der Waals surface area (Å²) in [5.41, 5.74) is 2.76. The molecule has 0 N–H and O–H groups in total. The number of benzene rings is 1. The van der Waals surface area contributed by atoms with Crippen molar-refractivity contribution < 1.29 is 0 Å². The van der Waals surface area contributed by atoms with Gasteiger partial charge in [-0.3, -0.25) is 0 Å². The van der Waals surface area contributed by atoms with E-state index >= 15 is 0 Å². The third-order valence-corrected chi connectivity index (χ3v) is 6.24. The van der Waals surface area contributed by atoms with E-state index < -0.39 is 0 Å². The Labute approximate surface area is 153 Å². The molecule has 4 rings (SSSR count). The van der Waals surface area contributed by atoms with Gasteiger partial charge in [-0.1, -0.05) is 37.3 Å². The molecule has 0 aliphatic heterocycles. The highest BCUT2D eigenvalue weighted by atomic mass is 32.1. The number of aryl methyl sites for hydroxylation is 1. The van der Waals surface area contributed by atoms with Gasteiger partial charge in [-0.25, -0.2) is 0 Å². The molecule has 0 saturated heterocycles. The highest BCUT2D eigenvalue weighted by Gasteiger charge is 2.45. The van der Waals surface area contributed by atoms with Crippen LogP contribution in [0.4, 0.5) is 0 Å². The van der Waals surface area contributed by atoms with Gasteiger partial charge in [0.05, 0.1) is 5.41 Å². The van der Waals surface area contributed by atoms with E-state index in [0.717, 1.165) is 18.8 Å². The second kappa shape index (κ2) is 6.10. The van der Waals surface area contributed by atoms with Gasteiger partial charge in [-0.2, -0.15) is 11.3 Å². The first-order valence-corrected chi connectivity index (χ1v) is 9.96. The third-order valence-electron chi connectivity index (χ3n) is 5.56. The van der Waals surface area contributed by atoms with Gasteiger partial charge in [-0.05, 0) is 61.1 Å². The van der Waals surface area contributed by atoms with E-state index in [2.05, 4.69) is 82.7 Å². The lowest BCUT2D eigenvalue weighted by molar-refractivity contribution is 0.507. The molecular formula is C21H25N3S. The van der Waals surface area contributed by atoms with Crippen LogP contribution in [0.1, 0.15) is 56.4 Å². The molecule has 4 heteroatoms. The largest absolute Gasteiger partial charge is 0.313 e. The quantitative estimate of drug-likeness (QED) is 0.628. The van der Waals surface area contributed by atoms with Crippen molar-refractivity contribution in [3.05, 3.63) is 69.9 Å². The average molecular weight is 352 g/mol. The lowest BCUT2D eigenvalue weighted by Crippen LogP contribution is -2.26. The third kappa shape index (κ3) is 3.04. The molecule has 2 aromatic heterocycles. The summed E-state index contributed by atoms with van der Waals surface area (Å²) < 4.78 is 2.40. The second-order valence-corrected chi connectivity index (χ2v) is 8.71. The Bertz CT molecular complexity index is 843. The molecule has 1 saturated carbocycles. The smallest absolute Gasteiger partial charge is 0.143 e. The van der Waals surface area contributed by atoms with Gasteiger partial charge in [0.2, 0.25) is 0 Å². The van der Waals surface area contributed by atoms with Crippen molar-refractivity contribution in [3.8, 4) is 0 Å². The zero-order valence-corrected chi connectivity index (χ0v) is 16.0. The number of thiophene rings is 1. The van der Waals surface area contributed by atoms with Gasteiger partial charge in [-0.15, -0.1) is 10.2 Å². The highest BCUT2D eigenvalue weighted by Crippen LogP contribution is 2.47. The minimum atomic E-state index is -0.132. The van der Waals surface area contributed by atoms with Gasteiger partial charge in [0.15, 0.2) is 0 Å². The van der Waals surface area contributed by atoms with Crippen LogP contribution in [0.3, 0.4) is 0 Å². The summed E-state index contributed by atoms with van der Waals surface area (Å²) in [6.45, 7) is 7.77. The molecule has 0 amide bonds. The monoisotopic (exact) mass is 351 g/mol. The van der Waals surface area contributed by atoms with Crippen molar-refractivity contribution in [3.63, 3.8) is 0 Å². The normalized spacial score (nSPS) is 16.1. The van der Waals surface area contributed by atoms with Crippen LogP contribution in [0.5, 0.6) is 0 Å². The molecular weight excluding hydrogens is 326 g/mol. The van der Waals surface area contributed by atoms with Crippen LogP contribution in [-0.4, -0.2) is 14.8 Å². The van der Waals surface area contributed by atoms with Gasteiger partial charge in [0, 0.05) is 12.0 Å². The molecule has 0 spiro atoms. The van der Waals surface area contributed by atoms with Crippen LogP contribution in [0.2, 0.25) is 0 Å². The number of rotatable bonds is 6. The zero-order valence-electron chi connectivity index (χ0n) is 15.2. The maximum Gasteiger partial charge on any atom is 0.143 e. The van der Waals surface area contributed by atoms with Gasteiger partial charge in [0.25, 0.3) is 0 Å². The van der Waals surface area contributed by atoms with Gasteiger partial charge in [0.1, 0.15) is 11.6 Å². The van der Waals surface area contributed by atoms with Crippen molar-refractivity contribution in [2.75, 3.05) is 0 Å². The molecule has 0 atom stereocenters. The topological polar surface area (TPSA) is 30.7 Å². The molecule has 3 nitrogen and oxygen atoms in total. The van der Waals surface area contributed by atoms with Gasteiger partial charge >= 0.3 is 0 Å². The van der Waals surface area contributed by atoms with Crippen molar-refractivity contribution in [2.45, 2.75) is 57.4 Å².